The molecule has 0 saturated heterocycles. The molecule has 1 aromatic rings. The Morgan fingerprint density at radius 1 is 1.29 bits per heavy atom. The smallest absolute Gasteiger partial charge is 0.306 e. The van der Waals surface area contributed by atoms with Gasteiger partial charge >= 0.3 is 5.97 Å². The first-order valence-corrected chi connectivity index (χ1v) is 7.27. The number of rotatable bonds is 4. The van der Waals surface area contributed by atoms with Gasteiger partial charge in [0.2, 0.25) is 5.91 Å². The van der Waals surface area contributed by atoms with Crippen molar-refractivity contribution in [3.05, 3.63) is 23.2 Å². The monoisotopic (exact) mass is 310 g/mol. The van der Waals surface area contributed by atoms with Crippen LogP contribution in [-0.4, -0.2) is 31.1 Å². The van der Waals surface area contributed by atoms with E-state index in [0.717, 1.165) is 5.69 Å². The Morgan fingerprint density at radius 3 is 2.52 bits per heavy atom. The molecule has 0 heterocycles. The highest BCUT2D eigenvalue weighted by Gasteiger charge is 2.34. The summed E-state index contributed by atoms with van der Waals surface area (Å²) in [4.78, 5) is 25.2. The van der Waals surface area contributed by atoms with E-state index < -0.39 is 11.9 Å². The van der Waals surface area contributed by atoms with Gasteiger partial charge in [0.25, 0.3) is 0 Å². The number of hydrogen-bond acceptors (Lipinski definition) is 3. The summed E-state index contributed by atoms with van der Waals surface area (Å²) in [6.07, 6.45) is 1.57. The van der Waals surface area contributed by atoms with E-state index in [1.165, 1.54) is 0 Å². The molecule has 1 fully saturated rings. The van der Waals surface area contributed by atoms with Crippen LogP contribution in [-0.2, 0) is 9.59 Å². The number of anilines is 2. The van der Waals surface area contributed by atoms with Crippen LogP contribution < -0.4 is 10.2 Å². The van der Waals surface area contributed by atoms with Crippen molar-refractivity contribution in [1.82, 2.24) is 0 Å². The zero-order valence-electron chi connectivity index (χ0n) is 12.1. The number of nitrogens with zero attached hydrogens (tertiary/aromatic N) is 1. The van der Waals surface area contributed by atoms with Crippen molar-refractivity contribution >= 4 is 34.9 Å². The van der Waals surface area contributed by atoms with Crippen LogP contribution in [0.1, 0.15) is 19.3 Å². The maximum atomic E-state index is 12.3. The summed E-state index contributed by atoms with van der Waals surface area (Å²) in [6.45, 7) is 0. The van der Waals surface area contributed by atoms with Crippen LogP contribution in [0.2, 0.25) is 5.02 Å². The van der Waals surface area contributed by atoms with Gasteiger partial charge in [0.15, 0.2) is 0 Å². The minimum atomic E-state index is -0.818. The lowest BCUT2D eigenvalue weighted by molar-refractivity contribution is -0.141. The topological polar surface area (TPSA) is 69.6 Å². The fourth-order valence-electron chi connectivity index (χ4n) is 2.68. The van der Waals surface area contributed by atoms with E-state index in [4.69, 9.17) is 16.7 Å². The highest BCUT2D eigenvalue weighted by atomic mass is 35.5. The maximum absolute atomic E-state index is 12.3. The normalized spacial score (nSPS) is 21.1. The van der Waals surface area contributed by atoms with Crippen molar-refractivity contribution in [3.63, 3.8) is 0 Å². The predicted octanol–water partition coefficient (Wildman–Crippen LogP) is 2.85. The summed E-state index contributed by atoms with van der Waals surface area (Å²) in [5, 5.41) is 12.4. The summed E-state index contributed by atoms with van der Waals surface area (Å²) in [5.41, 5.74) is 1.51. The van der Waals surface area contributed by atoms with Crippen molar-refractivity contribution in [3.8, 4) is 0 Å². The molecule has 21 heavy (non-hydrogen) atoms. The average Bonchev–Trinajstić information content (AvgIpc) is 2.88. The van der Waals surface area contributed by atoms with Crippen LogP contribution >= 0.6 is 11.6 Å². The number of amides is 1. The second kappa shape index (κ2) is 6.35. The van der Waals surface area contributed by atoms with Crippen molar-refractivity contribution < 1.29 is 14.7 Å². The Labute approximate surface area is 128 Å². The second-order valence-corrected chi connectivity index (χ2v) is 6.03. The lowest BCUT2D eigenvalue weighted by atomic mass is 10.0. The number of hydrogen-bond donors (Lipinski definition) is 2. The third-order valence-electron chi connectivity index (χ3n) is 3.85. The number of benzene rings is 1. The molecule has 114 valence electrons. The molecular formula is C15H19ClN2O3. The summed E-state index contributed by atoms with van der Waals surface area (Å²) >= 11 is 5.98. The van der Waals surface area contributed by atoms with Gasteiger partial charge in [0.05, 0.1) is 17.3 Å². The third-order valence-corrected chi connectivity index (χ3v) is 4.09. The van der Waals surface area contributed by atoms with Gasteiger partial charge in [-0.05, 0) is 37.5 Å². The zero-order chi connectivity index (χ0) is 15.6. The molecule has 1 amide bonds. The fourth-order valence-corrected chi connectivity index (χ4v) is 2.85. The van der Waals surface area contributed by atoms with E-state index in [2.05, 4.69) is 5.32 Å². The number of carbonyl (C=O) groups is 2. The molecule has 1 aliphatic carbocycles. The van der Waals surface area contributed by atoms with Crippen LogP contribution in [0.4, 0.5) is 11.4 Å². The van der Waals surface area contributed by atoms with Gasteiger partial charge in [0, 0.05) is 25.0 Å². The summed E-state index contributed by atoms with van der Waals surface area (Å²) in [6, 6.07) is 5.31. The molecule has 0 bridgehead atoms. The van der Waals surface area contributed by atoms with Gasteiger partial charge in [-0.3, -0.25) is 9.59 Å². The van der Waals surface area contributed by atoms with E-state index in [0.29, 0.717) is 30.0 Å². The Kier molecular flexibility index (Phi) is 4.73. The molecule has 1 aromatic carbocycles. The Hall–Kier alpha value is -1.75. The molecule has 2 unspecified atom stereocenters. The van der Waals surface area contributed by atoms with Crippen molar-refractivity contribution in [1.29, 1.82) is 0 Å². The largest absolute Gasteiger partial charge is 0.481 e. The molecule has 0 radical (unpaired) electrons. The van der Waals surface area contributed by atoms with E-state index in [-0.39, 0.29) is 11.8 Å². The quantitative estimate of drug-likeness (QED) is 0.897. The highest BCUT2D eigenvalue weighted by molar-refractivity contribution is 6.31. The number of carboxylic acid groups (broad SMARTS) is 1. The van der Waals surface area contributed by atoms with E-state index in [1.54, 1.807) is 12.1 Å². The molecule has 2 N–H and O–H groups in total. The third kappa shape index (κ3) is 3.67. The van der Waals surface area contributed by atoms with E-state index >= 15 is 0 Å². The number of carbonyl (C=O) groups excluding carboxylic acids is 1. The van der Waals surface area contributed by atoms with Gasteiger partial charge in [-0.15, -0.1) is 0 Å². The van der Waals surface area contributed by atoms with Crippen LogP contribution in [0.5, 0.6) is 0 Å². The van der Waals surface area contributed by atoms with Gasteiger partial charge in [-0.2, -0.15) is 0 Å². The van der Waals surface area contributed by atoms with Gasteiger partial charge < -0.3 is 15.3 Å². The van der Waals surface area contributed by atoms with Gasteiger partial charge in [-0.25, -0.2) is 0 Å². The standard InChI is InChI=1S/C15H19ClN2O3/c1-18(2)13-6-5-11(16)8-12(13)17-14(19)9-3-4-10(7-9)15(20)21/h5-6,8-10H,3-4,7H2,1-2H3,(H,17,19)(H,20,21). The van der Waals surface area contributed by atoms with E-state index in [1.807, 2.05) is 25.1 Å². The zero-order valence-corrected chi connectivity index (χ0v) is 12.9. The first kappa shape index (κ1) is 15.6. The first-order chi connectivity index (χ1) is 9.88. The fraction of sp³-hybridized carbons (Fsp3) is 0.467. The Morgan fingerprint density at radius 2 is 1.95 bits per heavy atom. The van der Waals surface area contributed by atoms with Gasteiger partial charge in [-0.1, -0.05) is 11.6 Å². The van der Waals surface area contributed by atoms with Crippen LogP contribution in [0.25, 0.3) is 0 Å². The lowest BCUT2D eigenvalue weighted by Crippen LogP contribution is -2.23. The molecule has 1 saturated carbocycles. The molecular weight excluding hydrogens is 292 g/mol. The molecule has 1 aliphatic rings. The molecule has 2 rings (SSSR count). The predicted molar refractivity (Wildman–Crippen MR) is 82.9 cm³/mol. The summed E-state index contributed by atoms with van der Waals surface area (Å²) < 4.78 is 0. The first-order valence-electron chi connectivity index (χ1n) is 6.89. The van der Waals surface area contributed by atoms with Crippen molar-refractivity contribution in [2.45, 2.75) is 19.3 Å². The van der Waals surface area contributed by atoms with E-state index in [9.17, 15) is 9.59 Å². The van der Waals surface area contributed by atoms with Crippen LogP contribution in [0.15, 0.2) is 18.2 Å². The maximum Gasteiger partial charge on any atom is 0.306 e. The number of carboxylic acids is 1. The molecule has 2 atom stereocenters. The van der Waals surface area contributed by atoms with Crippen LogP contribution in [0.3, 0.4) is 0 Å². The summed E-state index contributed by atoms with van der Waals surface area (Å²) in [7, 11) is 3.77. The van der Waals surface area contributed by atoms with Crippen LogP contribution in [0, 0.1) is 11.8 Å². The second-order valence-electron chi connectivity index (χ2n) is 5.59. The highest BCUT2D eigenvalue weighted by Crippen LogP contribution is 2.33. The minimum Gasteiger partial charge on any atom is -0.481 e. The lowest BCUT2D eigenvalue weighted by Gasteiger charge is -2.19. The molecule has 0 spiro atoms. The minimum absolute atomic E-state index is 0.135. The molecule has 5 nitrogen and oxygen atoms in total. The van der Waals surface area contributed by atoms with Crippen molar-refractivity contribution in [2.75, 3.05) is 24.3 Å². The molecule has 0 aliphatic heterocycles. The molecule has 6 heteroatoms. The van der Waals surface area contributed by atoms with Gasteiger partial charge in [0.1, 0.15) is 0 Å². The number of aliphatic carboxylic acids is 1. The number of halogens is 1. The Bertz CT molecular complexity index is 560. The number of nitrogens with one attached hydrogen (secondary N) is 1. The SMILES string of the molecule is CN(C)c1ccc(Cl)cc1NC(=O)C1CCC(C(=O)O)C1. The average molecular weight is 311 g/mol. The molecule has 0 aromatic heterocycles. The van der Waals surface area contributed by atoms with Crippen molar-refractivity contribution in [2.24, 2.45) is 11.8 Å². The summed E-state index contributed by atoms with van der Waals surface area (Å²) in [5.74, 6) is -1.61. The Balaban J connectivity index is 2.10.